The first-order chi connectivity index (χ1) is 12.3. The molecule has 2 rings (SSSR count). The first kappa shape index (κ1) is 19.5. The molecule has 0 bridgehead atoms. The standard InChI is InChI=1S/C17H19ClN4O4/c1-10-13(16(24)26-11(2)15(23)20-17(25)19-3)14(18)22(21-10)9-12-7-5-4-6-8-12/h4-8,11H,9H2,1-3H3,(H2,19,20,23,25)/t11-/m0/s1. The van der Waals surface area contributed by atoms with Crippen LogP contribution in [0.15, 0.2) is 30.3 Å². The molecule has 0 saturated heterocycles. The molecule has 0 saturated carbocycles. The number of nitrogens with zero attached hydrogens (tertiary/aromatic N) is 2. The van der Waals surface area contributed by atoms with E-state index in [0.29, 0.717) is 12.2 Å². The molecule has 2 aromatic rings. The van der Waals surface area contributed by atoms with Crippen LogP contribution in [0.2, 0.25) is 5.15 Å². The van der Waals surface area contributed by atoms with Crippen molar-refractivity contribution < 1.29 is 19.1 Å². The number of nitrogens with one attached hydrogen (secondary N) is 2. The van der Waals surface area contributed by atoms with E-state index in [1.807, 2.05) is 35.6 Å². The number of carbonyl (C=O) groups is 3. The van der Waals surface area contributed by atoms with Crippen molar-refractivity contribution in [2.45, 2.75) is 26.5 Å². The lowest BCUT2D eigenvalue weighted by Crippen LogP contribution is -2.43. The van der Waals surface area contributed by atoms with Crippen molar-refractivity contribution in [2.75, 3.05) is 7.05 Å². The van der Waals surface area contributed by atoms with Gasteiger partial charge in [0.1, 0.15) is 10.7 Å². The van der Waals surface area contributed by atoms with Gasteiger partial charge >= 0.3 is 12.0 Å². The van der Waals surface area contributed by atoms with Crippen LogP contribution in [0.5, 0.6) is 0 Å². The number of benzene rings is 1. The average molecular weight is 379 g/mol. The minimum absolute atomic E-state index is 0.0854. The molecule has 9 heteroatoms. The largest absolute Gasteiger partial charge is 0.449 e. The first-order valence-corrected chi connectivity index (χ1v) is 8.21. The number of ether oxygens (including phenoxy) is 1. The highest BCUT2D eigenvalue weighted by atomic mass is 35.5. The van der Waals surface area contributed by atoms with E-state index >= 15 is 0 Å². The number of hydrogen-bond donors (Lipinski definition) is 2. The summed E-state index contributed by atoms with van der Waals surface area (Å²) in [5.74, 6) is -1.53. The van der Waals surface area contributed by atoms with Crippen molar-refractivity contribution >= 4 is 29.5 Å². The Hall–Kier alpha value is -2.87. The predicted molar refractivity (Wildman–Crippen MR) is 95.0 cm³/mol. The van der Waals surface area contributed by atoms with Gasteiger partial charge in [0.2, 0.25) is 0 Å². The van der Waals surface area contributed by atoms with Crippen molar-refractivity contribution in [2.24, 2.45) is 0 Å². The van der Waals surface area contributed by atoms with Crippen LogP contribution in [0.1, 0.15) is 28.5 Å². The summed E-state index contributed by atoms with van der Waals surface area (Å²) in [4.78, 5) is 35.3. The lowest BCUT2D eigenvalue weighted by molar-refractivity contribution is -0.127. The maximum absolute atomic E-state index is 12.4. The number of aryl methyl sites for hydroxylation is 1. The number of carbonyl (C=O) groups excluding carboxylic acids is 3. The van der Waals surface area contributed by atoms with Crippen LogP contribution >= 0.6 is 11.6 Å². The fraction of sp³-hybridized carbons (Fsp3) is 0.294. The number of rotatable bonds is 5. The second kappa shape index (κ2) is 8.48. The maximum atomic E-state index is 12.4. The van der Waals surface area contributed by atoms with Gasteiger partial charge in [0, 0.05) is 7.05 Å². The minimum atomic E-state index is -1.17. The molecule has 1 heterocycles. The van der Waals surface area contributed by atoms with Crippen LogP contribution in [0.25, 0.3) is 0 Å². The van der Waals surface area contributed by atoms with Gasteiger partial charge in [-0.25, -0.2) is 14.3 Å². The van der Waals surface area contributed by atoms with Gasteiger partial charge in [-0.05, 0) is 19.4 Å². The van der Waals surface area contributed by atoms with Gasteiger partial charge in [-0.3, -0.25) is 10.1 Å². The second-order valence-corrected chi connectivity index (χ2v) is 5.87. The summed E-state index contributed by atoms with van der Waals surface area (Å²) < 4.78 is 6.58. The lowest BCUT2D eigenvalue weighted by atomic mass is 10.2. The quantitative estimate of drug-likeness (QED) is 0.773. The lowest BCUT2D eigenvalue weighted by Gasteiger charge is -2.12. The zero-order chi connectivity index (χ0) is 19.3. The zero-order valence-electron chi connectivity index (χ0n) is 14.6. The summed E-state index contributed by atoms with van der Waals surface area (Å²) >= 11 is 6.28. The molecule has 0 aliphatic rings. The van der Waals surface area contributed by atoms with Gasteiger partial charge < -0.3 is 10.1 Å². The van der Waals surface area contributed by atoms with Gasteiger partial charge in [0.05, 0.1) is 12.2 Å². The monoisotopic (exact) mass is 378 g/mol. The molecule has 0 aliphatic heterocycles. The number of amides is 3. The van der Waals surface area contributed by atoms with Crippen molar-refractivity contribution in [3.8, 4) is 0 Å². The minimum Gasteiger partial charge on any atom is -0.449 e. The molecule has 0 fully saturated rings. The molecule has 0 unspecified atom stereocenters. The molecule has 0 radical (unpaired) electrons. The van der Waals surface area contributed by atoms with Gasteiger partial charge in [-0.1, -0.05) is 41.9 Å². The Balaban J connectivity index is 2.12. The molecule has 0 spiro atoms. The van der Waals surface area contributed by atoms with Crippen molar-refractivity contribution in [1.82, 2.24) is 20.4 Å². The highest BCUT2D eigenvalue weighted by Crippen LogP contribution is 2.22. The summed E-state index contributed by atoms with van der Waals surface area (Å²) in [6.07, 6.45) is -1.17. The third-order valence-corrected chi connectivity index (χ3v) is 3.95. The van der Waals surface area contributed by atoms with Crippen molar-refractivity contribution in [3.05, 3.63) is 52.3 Å². The Kier molecular flexibility index (Phi) is 6.35. The number of halogens is 1. The molecule has 0 aliphatic carbocycles. The molecule has 3 amide bonds. The summed E-state index contributed by atoms with van der Waals surface area (Å²) in [5, 5.41) is 8.65. The Morgan fingerprint density at radius 3 is 2.54 bits per heavy atom. The molecule has 2 N–H and O–H groups in total. The van der Waals surface area contributed by atoms with Crippen LogP contribution in [0.4, 0.5) is 4.79 Å². The van der Waals surface area contributed by atoms with E-state index in [4.69, 9.17) is 16.3 Å². The van der Waals surface area contributed by atoms with Crippen molar-refractivity contribution in [1.29, 1.82) is 0 Å². The van der Waals surface area contributed by atoms with Gasteiger partial charge in [-0.2, -0.15) is 5.10 Å². The summed E-state index contributed by atoms with van der Waals surface area (Å²) in [5.41, 5.74) is 1.44. The van der Waals surface area contributed by atoms with Crippen LogP contribution < -0.4 is 10.6 Å². The number of imide groups is 1. The van der Waals surface area contributed by atoms with Gasteiger partial charge in [0.25, 0.3) is 5.91 Å². The molecule has 1 aromatic heterocycles. The predicted octanol–water partition coefficient (Wildman–Crippen LogP) is 1.89. The number of aromatic nitrogens is 2. The number of esters is 1. The highest BCUT2D eigenvalue weighted by Gasteiger charge is 2.26. The van der Waals surface area contributed by atoms with E-state index in [-0.39, 0.29) is 10.7 Å². The molecule has 1 atom stereocenters. The normalized spacial score (nSPS) is 11.5. The molecule has 26 heavy (non-hydrogen) atoms. The average Bonchev–Trinajstić information content (AvgIpc) is 2.89. The van der Waals surface area contributed by atoms with Crippen LogP contribution in [0, 0.1) is 6.92 Å². The topological polar surface area (TPSA) is 102 Å². The van der Waals surface area contributed by atoms with Gasteiger partial charge in [0.15, 0.2) is 6.10 Å². The SMILES string of the molecule is CNC(=O)NC(=O)[C@H](C)OC(=O)c1c(C)nn(Cc2ccccc2)c1Cl. The second-order valence-electron chi connectivity index (χ2n) is 5.51. The van der Waals surface area contributed by atoms with E-state index in [1.54, 1.807) is 6.92 Å². The summed E-state index contributed by atoms with van der Waals surface area (Å²) in [7, 11) is 1.36. The van der Waals surface area contributed by atoms with E-state index in [1.165, 1.54) is 18.7 Å². The first-order valence-electron chi connectivity index (χ1n) is 7.83. The maximum Gasteiger partial charge on any atom is 0.343 e. The van der Waals surface area contributed by atoms with E-state index in [9.17, 15) is 14.4 Å². The zero-order valence-corrected chi connectivity index (χ0v) is 15.3. The Morgan fingerprint density at radius 2 is 1.92 bits per heavy atom. The van der Waals surface area contributed by atoms with Crippen LogP contribution in [-0.2, 0) is 16.1 Å². The third-order valence-electron chi connectivity index (χ3n) is 3.56. The smallest absolute Gasteiger partial charge is 0.343 e. The van der Waals surface area contributed by atoms with Crippen LogP contribution in [-0.4, -0.2) is 40.8 Å². The molecule has 8 nitrogen and oxygen atoms in total. The fourth-order valence-electron chi connectivity index (χ4n) is 2.20. The fourth-order valence-corrected chi connectivity index (χ4v) is 2.51. The van der Waals surface area contributed by atoms with E-state index < -0.39 is 24.0 Å². The number of hydrogen-bond acceptors (Lipinski definition) is 5. The third kappa shape index (κ3) is 4.60. The molecule has 138 valence electrons. The molecular formula is C17H19ClN4O4. The molecule has 1 aromatic carbocycles. The van der Waals surface area contributed by atoms with Gasteiger partial charge in [-0.15, -0.1) is 0 Å². The van der Waals surface area contributed by atoms with Crippen LogP contribution in [0.3, 0.4) is 0 Å². The Labute approximate surface area is 155 Å². The molecular weight excluding hydrogens is 360 g/mol. The van der Waals surface area contributed by atoms with E-state index in [0.717, 1.165) is 5.56 Å². The summed E-state index contributed by atoms with van der Waals surface area (Å²) in [6, 6.07) is 8.81. The highest BCUT2D eigenvalue weighted by molar-refractivity contribution is 6.32. The number of urea groups is 1. The Morgan fingerprint density at radius 1 is 1.27 bits per heavy atom. The van der Waals surface area contributed by atoms with Crippen molar-refractivity contribution in [3.63, 3.8) is 0 Å². The Bertz CT molecular complexity index is 820. The summed E-state index contributed by atoms with van der Waals surface area (Å²) in [6.45, 7) is 3.37. The van der Waals surface area contributed by atoms with E-state index in [2.05, 4.69) is 10.4 Å².